The van der Waals surface area contributed by atoms with Crippen molar-refractivity contribution < 1.29 is 13.9 Å². The average Bonchev–Trinajstić information content (AvgIpc) is 3.07. The van der Waals surface area contributed by atoms with Crippen molar-refractivity contribution >= 4 is 5.97 Å². The Morgan fingerprint density at radius 3 is 2.90 bits per heavy atom. The Labute approximate surface area is 124 Å². The van der Waals surface area contributed by atoms with E-state index in [1.54, 1.807) is 6.20 Å². The Balaban J connectivity index is 1.99. The number of hydrogen-bond acceptors (Lipinski definition) is 5. The van der Waals surface area contributed by atoms with Crippen LogP contribution in [0.4, 0.5) is 0 Å². The molecule has 2 atom stereocenters. The number of aryl methyl sites for hydroxylation is 1. The van der Waals surface area contributed by atoms with Crippen molar-refractivity contribution in [2.45, 2.75) is 39.4 Å². The number of nitrogens with one attached hydrogen (secondary N) is 1. The molecule has 2 rings (SSSR count). The second-order valence-corrected chi connectivity index (χ2v) is 5.17. The highest BCUT2D eigenvalue weighted by Crippen LogP contribution is 2.21. The van der Waals surface area contributed by atoms with Gasteiger partial charge in [-0.25, -0.2) is 4.79 Å². The van der Waals surface area contributed by atoms with Crippen molar-refractivity contribution in [3.05, 3.63) is 41.6 Å². The van der Waals surface area contributed by atoms with E-state index in [-0.39, 0.29) is 17.8 Å². The van der Waals surface area contributed by atoms with Gasteiger partial charge in [-0.2, -0.15) is 5.10 Å². The summed E-state index contributed by atoms with van der Waals surface area (Å²) in [6.45, 7) is 6.67. The first-order chi connectivity index (χ1) is 10.0. The normalized spacial score (nSPS) is 13.9. The first-order valence-corrected chi connectivity index (χ1v) is 6.93. The first kappa shape index (κ1) is 15.3. The maximum absolute atomic E-state index is 11.6. The fraction of sp³-hybridized carbons (Fsp3) is 0.467. The van der Waals surface area contributed by atoms with E-state index in [9.17, 15) is 4.79 Å². The number of furan rings is 1. The van der Waals surface area contributed by atoms with E-state index < -0.39 is 5.97 Å². The predicted octanol–water partition coefficient (Wildman–Crippen LogP) is 2.31. The van der Waals surface area contributed by atoms with Gasteiger partial charge in [0.2, 0.25) is 5.76 Å². The summed E-state index contributed by atoms with van der Waals surface area (Å²) in [6.07, 6.45) is 3.68. The molecule has 0 aromatic carbocycles. The van der Waals surface area contributed by atoms with E-state index >= 15 is 0 Å². The van der Waals surface area contributed by atoms with E-state index in [4.69, 9.17) is 9.15 Å². The molecule has 0 spiro atoms. The zero-order chi connectivity index (χ0) is 15.4. The van der Waals surface area contributed by atoms with Crippen LogP contribution in [0.3, 0.4) is 0 Å². The number of ether oxygens (including phenoxy) is 1. The lowest BCUT2D eigenvalue weighted by molar-refractivity contribution is 0.0561. The second kappa shape index (κ2) is 6.58. The van der Waals surface area contributed by atoms with Crippen molar-refractivity contribution in [1.29, 1.82) is 0 Å². The van der Waals surface area contributed by atoms with Crippen molar-refractivity contribution in [2.24, 2.45) is 0 Å². The Kier molecular flexibility index (Phi) is 4.80. The number of aromatic nitrogens is 2. The molecule has 0 fully saturated rings. The smallest absolute Gasteiger partial charge is 0.374 e. The van der Waals surface area contributed by atoms with Crippen LogP contribution in [0.1, 0.15) is 41.8 Å². The maximum Gasteiger partial charge on any atom is 0.374 e. The van der Waals surface area contributed by atoms with E-state index in [0.29, 0.717) is 0 Å². The molecule has 0 radical (unpaired) electrons. The summed E-state index contributed by atoms with van der Waals surface area (Å²) in [7, 11) is 1.35. The lowest BCUT2D eigenvalue weighted by Crippen LogP contribution is -2.32. The van der Waals surface area contributed by atoms with Crippen molar-refractivity contribution in [3.8, 4) is 0 Å². The minimum absolute atomic E-state index is 0.00679. The van der Waals surface area contributed by atoms with Crippen LogP contribution < -0.4 is 5.32 Å². The molecule has 2 aromatic rings. The number of rotatable bonds is 6. The third-order valence-electron chi connectivity index (χ3n) is 3.29. The first-order valence-electron chi connectivity index (χ1n) is 6.93. The lowest BCUT2D eigenvalue weighted by Gasteiger charge is -2.18. The van der Waals surface area contributed by atoms with Gasteiger partial charge in [-0.1, -0.05) is 0 Å². The lowest BCUT2D eigenvalue weighted by atomic mass is 10.2. The van der Waals surface area contributed by atoms with Gasteiger partial charge in [0, 0.05) is 24.0 Å². The van der Waals surface area contributed by atoms with E-state index in [2.05, 4.69) is 17.3 Å². The van der Waals surface area contributed by atoms with Crippen LogP contribution in [-0.2, 0) is 11.3 Å². The zero-order valence-corrected chi connectivity index (χ0v) is 12.8. The van der Waals surface area contributed by atoms with Crippen LogP contribution in [0, 0.1) is 6.92 Å². The van der Waals surface area contributed by atoms with Gasteiger partial charge in [-0.05, 0) is 32.9 Å². The molecule has 0 saturated carbocycles. The topological polar surface area (TPSA) is 69.3 Å². The van der Waals surface area contributed by atoms with Crippen molar-refractivity contribution in [3.63, 3.8) is 0 Å². The Morgan fingerprint density at radius 1 is 1.52 bits per heavy atom. The Hall–Kier alpha value is -2.08. The third kappa shape index (κ3) is 3.72. The molecule has 114 valence electrons. The number of carbonyl (C=O) groups excluding carboxylic acids is 1. The molecule has 0 saturated heterocycles. The van der Waals surface area contributed by atoms with Crippen LogP contribution >= 0.6 is 0 Å². The molecule has 0 bridgehead atoms. The summed E-state index contributed by atoms with van der Waals surface area (Å²) in [5.74, 6) is 0.539. The monoisotopic (exact) mass is 291 g/mol. The fourth-order valence-corrected chi connectivity index (χ4v) is 2.27. The third-order valence-corrected chi connectivity index (χ3v) is 3.29. The number of hydrogen-bond donors (Lipinski definition) is 1. The molecule has 0 aliphatic carbocycles. The van der Waals surface area contributed by atoms with Crippen LogP contribution in [0.2, 0.25) is 0 Å². The summed E-state index contributed by atoms with van der Waals surface area (Å²) in [5, 5.41) is 7.61. The molecule has 21 heavy (non-hydrogen) atoms. The molecule has 0 aliphatic rings. The van der Waals surface area contributed by atoms with E-state index in [0.717, 1.165) is 17.9 Å². The van der Waals surface area contributed by atoms with E-state index in [1.807, 2.05) is 36.9 Å². The highest BCUT2D eigenvalue weighted by Gasteiger charge is 2.20. The summed E-state index contributed by atoms with van der Waals surface area (Å²) in [5.41, 5.74) is 0.783. The standard InChI is InChI=1S/C15H21N3O3/c1-10-8-13(21-14(10)15(19)20-4)12(3)17-11(2)9-18-7-5-6-16-18/h5-8,11-12,17H,9H2,1-4H3/t11-,12-/m1/s1. The number of nitrogens with zero attached hydrogens (tertiary/aromatic N) is 2. The van der Waals surface area contributed by atoms with Gasteiger partial charge in [0.05, 0.1) is 19.7 Å². The molecule has 2 heterocycles. The molecule has 1 N–H and O–H groups in total. The summed E-state index contributed by atoms with van der Waals surface area (Å²) in [4.78, 5) is 11.6. The maximum atomic E-state index is 11.6. The molecular weight excluding hydrogens is 270 g/mol. The van der Waals surface area contributed by atoms with Crippen molar-refractivity contribution in [2.75, 3.05) is 7.11 Å². The van der Waals surface area contributed by atoms with E-state index in [1.165, 1.54) is 7.11 Å². The van der Waals surface area contributed by atoms with Crippen molar-refractivity contribution in [1.82, 2.24) is 15.1 Å². The quantitative estimate of drug-likeness (QED) is 0.827. The minimum Gasteiger partial charge on any atom is -0.463 e. The largest absolute Gasteiger partial charge is 0.463 e. The Morgan fingerprint density at radius 2 is 2.29 bits per heavy atom. The number of methoxy groups -OCH3 is 1. The molecule has 6 heteroatoms. The number of carbonyl (C=O) groups is 1. The van der Waals surface area contributed by atoms with Gasteiger partial charge in [0.25, 0.3) is 0 Å². The Bertz CT molecular complexity index is 589. The van der Waals surface area contributed by atoms with Crippen LogP contribution in [0.5, 0.6) is 0 Å². The zero-order valence-electron chi connectivity index (χ0n) is 12.8. The highest BCUT2D eigenvalue weighted by atomic mass is 16.5. The van der Waals surface area contributed by atoms with Gasteiger partial charge in [-0.3, -0.25) is 4.68 Å². The van der Waals surface area contributed by atoms with Gasteiger partial charge in [0.15, 0.2) is 0 Å². The minimum atomic E-state index is -0.449. The summed E-state index contributed by atoms with van der Waals surface area (Å²) < 4.78 is 12.2. The number of esters is 1. The van der Waals surface area contributed by atoms with Gasteiger partial charge in [-0.15, -0.1) is 0 Å². The molecule has 2 aromatic heterocycles. The molecule has 0 amide bonds. The van der Waals surface area contributed by atoms with Gasteiger partial charge < -0.3 is 14.5 Å². The predicted molar refractivity (Wildman–Crippen MR) is 78.0 cm³/mol. The molecular formula is C15H21N3O3. The molecule has 6 nitrogen and oxygen atoms in total. The van der Waals surface area contributed by atoms with Crippen LogP contribution in [0.25, 0.3) is 0 Å². The van der Waals surface area contributed by atoms with Crippen LogP contribution in [0.15, 0.2) is 28.9 Å². The summed E-state index contributed by atoms with van der Waals surface area (Å²) >= 11 is 0. The van der Waals surface area contributed by atoms with Gasteiger partial charge >= 0.3 is 5.97 Å². The summed E-state index contributed by atoms with van der Waals surface area (Å²) in [6, 6.07) is 3.97. The SMILES string of the molecule is COC(=O)c1oc([C@@H](C)N[C@H](C)Cn2cccn2)cc1C. The second-order valence-electron chi connectivity index (χ2n) is 5.17. The molecule has 0 aliphatic heterocycles. The average molecular weight is 291 g/mol. The molecule has 0 unspecified atom stereocenters. The fourth-order valence-electron chi connectivity index (χ4n) is 2.27. The highest BCUT2D eigenvalue weighted by molar-refractivity contribution is 5.87. The van der Waals surface area contributed by atoms with Crippen LogP contribution in [-0.4, -0.2) is 28.9 Å². The van der Waals surface area contributed by atoms with Gasteiger partial charge in [0.1, 0.15) is 5.76 Å².